The molecule has 0 aromatic heterocycles. The second-order valence-electron chi connectivity index (χ2n) is 6.61. The molecule has 2 N–H and O–H groups in total. The van der Waals surface area contributed by atoms with E-state index in [0.29, 0.717) is 0 Å². The zero-order chi connectivity index (χ0) is 19.3. The van der Waals surface area contributed by atoms with Crippen LogP contribution in [0.1, 0.15) is 19.8 Å². The molecule has 0 amide bonds. The van der Waals surface area contributed by atoms with Crippen LogP contribution in [-0.2, 0) is 4.74 Å². The molecule has 0 saturated carbocycles. The van der Waals surface area contributed by atoms with E-state index in [0.717, 1.165) is 83.5 Å². The molecule has 1 aliphatic rings. The Kier molecular flexibility index (Phi) is 9.94. The highest BCUT2D eigenvalue weighted by Gasteiger charge is 2.18. The number of guanidine groups is 1. The van der Waals surface area contributed by atoms with Crippen molar-refractivity contribution in [2.45, 2.75) is 19.8 Å². The summed E-state index contributed by atoms with van der Waals surface area (Å²) in [4.78, 5) is 8.82. The SMILES string of the molecule is CCOCCCNC(=NC)NCCCN1CCN(c2ccccc2F)CC1. The van der Waals surface area contributed by atoms with Gasteiger partial charge in [0.2, 0.25) is 0 Å². The third kappa shape index (κ3) is 7.72. The normalized spacial score (nSPS) is 15.8. The average molecular weight is 380 g/mol. The molecular formula is C20H34FN5O. The number of anilines is 1. The molecule has 0 aliphatic carbocycles. The van der Waals surface area contributed by atoms with E-state index in [2.05, 4.69) is 25.4 Å². The zero-order valence-electron chi connectivity index (χ0n) is 16.7. The molecule has 1 heterocycles. The minimum absolute atomic E-state index is 0.129. The van der Waals surface area contributed by atoms with Crippen LogP contribution >= 0.6 is 0 Å². The van der Waals surface area contributed by atoms with Crippen LogP contribution in [0.5, 0.6) is 0 Å². The molecular weight excluding hydrogens is 345 g/mol. The van der Waals surface area contributed by atoms with Crippen LogP contribution in [-0.4, -0.2) is 76.9 Å². The zero-order valence-corrected chi connectivity index (χ0v) is 16.7. The second kappa shape index (κ2) is 12.5. The Labute approximate surface area is 162 Å². The number of benzene rings is 1. The average Bonchev–Trinajstić information content (AvgIpc) is 2.70. The van der Waals surface area contributed by atoms with Crippen molar-refractivity contribution in [2.24, 2.45) is 4.99 Å². The van der Waals surface area contributed by atoms with E-state index in [1.165, 1.54) is 6.07 Å². The summed E-state index contributed by atoms with van der Waals surface area (Å²) in [6, 6.07) is 7.03. The van der Waals surface area contributed by atoms with Crippen LogP contribution in [0.25, 0.3) is 0 Å². The van der Waals surface area contributed by atoms with Gasteiger partial charge in [0.05, 0.1) is 5.69 Å². The standard InChI is InChI=1S/C20H34FN5O/c1-3-27-17-7-11-24-20(22-2)23-10-6-12-25-13-15-26(16-14-25)19-9-5-4-8-18(19)21/h4-5,8-9H,3,6-7,10-17H2,1-2H3,(H2,22,23,24). The first-order chi connectivity index (χ1) is 13.2. The number of para-hydroxylation sites is 1. The van der Waals surface area contributed by atoms with E-state index in [1.54, 1.807) is 13.1 Å². The monoisotopic (exact) mass is 379 g/mol. The third-order valence-electron chi connectivity index (χ3n) is 4.69. The molecule has 152 valence electrons. The Morgan fingerprint density at radius 1 is 1.11 bits per heavy atom. The van der Waals surface area contributed by atoms with Gasteiger partial charge in [0.1, 0.15) is 5.82 Å². The van der Waals surface area contributed by atoms with Gasteiger partial charge < -0.3 is 20.3 Å². The number of halogens is 1. The molecule has 1 aromatic carbocycles. The Balaban J connectivity index is 1.57. The summed E-state index contributed by atoms with van der Waals surface area (Å²) in [5.41, 5.74) is 0.720. The fourth-order valence-corrected chi connectivity index (χ4v) is 3.18. The Morgan fingerprint density at radius 3 is 2.48 bits per heavy atom. The van der Waals surface area contributed by atoms with Crippen molar-refractivity contribution in [2.75, 3.05) is 71.0 Å². The predicted molar refractivity (Wildman–Crippen MR) is 110 cm³/mol. The lowest BCUT2D eigenvalue weighted by molar-refractivity contribution is 0.145. The predicted octanol–water partition coefficient (Wildman–Crippen LogP) is 1.93. The Hall–Kier alpha value is -1.86. The van der Waals surface area contributed by atoms with Crippen molar-refractivity contribution < 1.29 is 9.13 Å². The molecule has 1 saturated heterocycles. The highest BCUT2D eigenvalue weighted by molar-refractivity contribution is 5.79. The lowest BCUT2D eigenvalue weighted by Gasteiger charge is -2.36. The van der Waals surface area contributed by atoms with Crippen LogP contribution in [0.4, 0.5) is 10.1 Å². The van der Waals surface area contributed by atoms with Crippen LogP contribution in [0.3, 0.4) is 0 Å². The van der Waals surface area contributed by atoms with Gasteiger partial charge in [0.25, 0.3) is 0 Å². The number of aliphatic imine (C=N–C) groups is 1. The maximum atomic E-state index is 13.9. The number of piperazine rings is 1. The van der Waals surface area contributed by atoms with E-state index < -0.39 is 0 Å². The maximum absolute atomic E-state index is 13.9. The molecule has 0 bridgehead atoms. The number of rotatable bonds is 10. The summed E-state index contributed by atoms with van der Waals surface area (Å²) in [5.74, 6) is 0.714. The van der Waals surface area contributed by atoms with Crippen LogP contribution < -0.4 is 15.5 Å². The summed E-state index contributed by atoms with van der Waals surface area (Å²) in [5, 5.41) is 6.65. The molecule has 1 fully saturated rings. The van der Waals surface area contributed by atoms with Crippen molar-refractivity contribution >= 4 is 11.6 Å². The van der Waals surface area contributed by atoms with Gasteiger partial charge in [0.15, 0.2) is 5.96 Å². The summed E-state index contributed by atoms with van der Waals surface area (Å²) in [6.07, 6.45) is 2.03. The smallest absolute Gasteiger partial charge is 0.190 e. The van der Waals surface area contributed by atoms with Gasteiger partial charge in [-0.2, -0.15) is 0 Å². The first-order valence-electron chi connectivity index (χ1n) is 9.98. The number of hydrogen-bond donors (Lipinski definition) is 2. The van der Waals surface area contributed by atoms with E-state index in [1.807, 2.05) is 19.1 Å². The fraction of sp³-hybridized carbons (Fsp3) is 0.650. The van der Waals surface area contributed by atoms with Crippen molar-refractivity contribution in [1.29, 1.82) is 0 Å². The summed E-state index contributed by atoms with van der Waals surface area (Å²) in [7, 11) is 1.79. The van der Waals surface area contributed by atoms with Crippen molar-refractivity contribution in [1.82, 2.24) is 15.5 Å². The summed E-state index contributed by atoms with van der Waals surface area (Å²) in [6.45, 7) is 10.0. The summed E-state index contributed by atoms with van der Waals surface area (Å²) >= 11 is 0. The number of nitrogens with zero attached hydrogens (tertiary/aromatic N) is 3. The first-order valence-corrected chi connectivity index (χ1v) is 9.98. The minimum atomic E-state index is -0.129. The summed E-state index contributed by atoms with van der Waals surface area (Å²) < 4.78 is 19.2. The van der Waals surface area contributed by atoms with Gasteiger partial charge >= 0.3 is 0 Å². The Morgan fingerprint density at radius 2 is 1.81 bits per heavy atom. The highest BCUT2D eigenvalue weighted by Crippen LogP contribution is 2.20. The second-order valence-corrected chi connectivity index (χ2v) is 6.61. The molecule has 0 spiro atoms. The lowest BCUT2D eigenvalue weighted by Crippen LogP contribution is -2.47. The molecule has 0 radical (unpaired) electrons. The third-order valence-corrected chi connectivity index (χ3v) is 4.69. The van der Waals surface area contributed by atoms with E-state index in [-0.39, 0.29) is 5.82 Å². The van der Waals surface area contributed by atoms with Gasteiger partial charge in [-0.15, -0.1) is 0 Å². The molecule has 1 aliphatic heterocycles. The molecule has 2 rings (SSSR count). The van der Waals surface area contributed by atoms with Crippen LogP contribution in [0.15, 0.2) is 29.3 Å². The van der Waals surface area contributed by atoms with Crippen molar-refractivity contribution in [3.8, 4) is 0 Å². The topological polar surface area (TPSA) is 52.1 Å². The molecule has 6 nitrogen and oxygen atoms in total. The van der Waals surface area contributed by atoms with E-state index in [4.69, 9.17) is 4.74 Å². The van der Waals surface area contributed by atoms with Gasteiger partial charge in [-0.05, 0) is 38.4 Å². The van der Waals surface area contributed by atoms with Gasteiger partial charge in [-0.25, -0.2) is 4.39 Å². The molecule has 0 unspecified atom stereocenters. The fourth-order valence-electron chi connectivity index (χ4n) is 3.18. The quantitative estimate of drug-likeness (QED) is 0.370. The number of ether oxygens (including phenoxy) is 1. The number of nitrogens with one attached hydrogen (secondary N) is 2. The largest absolute Gasteiger partial charge is 0.382 e. The minimum Gasteiger partial charge on any atom is -0.382 e. The van der Waals surface area contributed by atoms with Crippen LogP contribution in [0, 0.1) is 5.82 Å². The molecule has 1 aromatic rings. The van der Waals surface area contributed by atoms with Gasteiger partial charge in [-0.3, -0.25) is 9.89 Å². The van der Waals surface area contributed by atoms with Crippen molar-refractivity contribution in [3.63, 3.8) is 0 Å². The first kappa shape index (κ1) is 21.4. The lowest BCUT2D eigenvalue weighted by atomic mass is 10.2. The number of hydrogen-bond acceptors (Lipinski definition) is 4. The van der Waals surface area contributed by atoms with E-state index >= 15 is 0 Å². The molecule has 27 heavy (non-hydrogen) atoms. The highest BCUT2D eigenvalue weighted by atomic mass is 19.1. The van der Waals surface area contributed by atoms with Gasteiger partial charge in [0, 0.05) is 59.5 Å². The molecule has 7 heteroatoms. The van der Waals surface area contributed by atoms with Gasteiger partial charge in [-0.1, -0.05) is 12.1 Å². The Bertz CT molecular complexity index is 561. The maximum Gasteiger partial charge on any atom is 0.190 e. The van der Waals surface area contributed by atoms with Crippen LogP contribution in [0.2, 0.25) is 0 Å². The van der Waals surface area contributed by atoms with E-state index in [9.17, 15) is 4.39 Å². The molecule has 0 atom stereocenters. The van der Waals surface area contributed by atoms with Crippen molar-refractivity contribution in [3.05, 3.63) is 30.1 Å².